The number of nitrogens with zero attached hydrogens (tertiary/aromatic N) is 5. The molecule has 2 aromatic rings. The van der Waals surface area contributed by atoms with E-state index in [1.807, 2.05) is 4.90 Å². The average molecular weight is 360 g/mol. The van der Waals surface area contributed by atoms with E-state index in [1.54, 1.807) is 42.4 Å². The zero-order chi connectivity index (χ0) is 18.5. The number of carbonyl (C=O) groups is 2. The maximum absolute atomic E-state index is 12.5. The van der Waals surface area contributed by atoms with Gasteiger partial charge in [-0.15, -0.1) is 0 Å². The van der Waals surface area contributed by atoms with Crippen LogP contribution in [0.1, 0.15) is 19.0 Å². The molecule has 0 radical (unpaired) electrons. The summed E-state index contributed by atoms with van der Waals surface area (Å²) < 4.78 is 4.74. The Bertz CT molecular complexity index is 801. The van der Waals surface area contributed by atoms with E-state index in [9.17, 15) is 9.59 Å². The molecule has 2 aromatic heterocycles. The molecule has 9 heteroatoms. The molecule has 1 fully saturated rings. The molecule has 0 unspecified atom stereocenters. The van der Waals surface area contributed by atoms with Crippen LogP contribution >= 0.6 is 0 Å². The molecule has 0 atom stereocenters. The molecule has 1 aliphatic heterocycles. The van der Waals surface area contributed by atoms with Crippen LogP contribution in [0.3, 0.4) is 0 Å². The van der Waals surface area contributed by atoms with E-state index in [0.717, 1.165) is 0 Å². The van der Waals surface area contributed by atoms with Gasteiger partial charge in [0.05, 0.1) is 19.0 Å². The molecule has 0 spiro atoms. The Morgan fingerprint density at radius 2 is 1.96 bits per heavy atom. The smallest absolute Gasteiger partial charge is 0.409 e. The SMILES string of the molecule is COC(=O)N1CCN(c2cnc(C)c(C(=O)Nc3ccccn3)n2)CC1.[HH].[HH]. The molecule has 140 valence electrons. The van der Waals surface area contributed by atoms with Crippen molar-refractivity contribution in [2.75, 3.05) is 43.5 Å². The zero-order valence-corrected chi connectivity index (χ0v) is 14.7. The third kappa shape index (κ3) is 3.88. The molecular formula is C17H24N6O3. The fraction of sp³-hybridized carbons (Fsp3) is 0.353. The largest absolute Gasteiger partial charge is 0.453 e. The van der Waals surface area contributed by atoms with Crippen molar-refractivity contribution in [3.63, 3.8) is 0 Å². The molecule has 3 heterocycles. The third-order valence-corrected chi connectivity index (χ3v) is 4.10. The van der Waals surface area contributed by atoms with Gasteiger partial charge in [-0.25, -0.2) is 14.8 Å². The van der Waals surface area contributed by atoms with Crippen LogP contribution in [0, 0.1) is 6.92 Å². The third-order valence-electron chi connectivity index (χ3n) is 4.10. The molecule has 0 bridgehead atoms. The lowest BCUT2D eigenvalue weighted by molar-refractivity contribution is 0.102. The number of carbonyl (C=O) groups excluding carboxylic acids is 2. The number of ether oxygens (including phenoxy) is 1. The minimum atomic E-state index is -0.358. The second kappa shape index (κ2) is 7.77. The molecule has 2 amide bonds. The highest BCUT2D eigenvalue weighted by Crippen LogP contribution is 2.16. The van der Waals surface area contributed by atoms with Crippen LogP contribution < -0.4 is 10.2 Å². The van der Waals surface area contributed by atoms with Crippen LogP contribution in [0.25, 0.3) is 0 Å². The van der Waals surface area contributed by atoms with Crippen LogP contribution in [0.4, 0.5) is 16.4 Å². The van der Waals surface area contributed by atoms with Crippen LogP contribution in [-0.4, -0.2) is 65.1 Å². The molecule has 0 aromatic carbocycles. The summed E-state index contributed by atoms with van der Waals surface area (Å²) in [4.78, 5) is 40.5. The van der Waals surface area contributed by atoms with Crippen LogP contribution in [0.5, 0.6) is 0 Å². The van der Waals surface area contributed by atoms with Crippen molar-refractivity contribution in [2.45, 2.75) is 6.92 Å². The first-order valence-corrected chi connectivity index (χ1v) is 8.22. The van der Waals surface area contributed by atoms with Crippen molar-refractivity contribution in [3.8, 4) is 0 Å². The first-order chi connectivity index (χ1) is 12.6. The van der Waals surface area contributed by atoms with Gasteiger partial charge in [-0.3, -0.25) is 9.78 Å². The number of anilines is 2. The summed E-state index contributed by atoms with van der Waals surface area (Å²) in [5, 5.41) is 2.72. The lowest BCUT2D eigenvalue weighted by Crippen LogP contribution is -2.49. The van der Waals surface area contributed by atoms with Crippen molar-refractivity contribution in [3.05, 3.63) is 42.0 Å². The summed E-state index contributed by atoms with van der Waals surface area (Å²) >= 11 is 0. The first-order valence-electron chi connectivity index (χ1n) is 8.22. The van der Waals surface area contributed by atoms with Crippen LogP contribution in [0.2, 0.25) is 0 Å². The monoisotopic (exact) mass is 360 g/mol. The second-order valence-electron chi connectivity index (χ2n) is 5.78. The predicted molar refractivity (Wildman–Crippen MR) is 99.4 cm³/mol. The lowest BCUT2D eigenvalue weighted by Gasteiger charge is -2.34. The fourth-order valence-corrected chi connectivity index (χ4v) is 2.67. The van der Waals surface area contributed by atoms with Gasteiger partial charge in [0.1, 0.15) is 11.6 Å². The molecular weight excluding hydrogens is 336 g/mol. The molecule has 0 saturated carbocycles. The Labute approximate surface area is 154 Å². The molecule has 1 aliphatic rings. The van der Waals surface area contributed by atoms with Crippen LogP contribution in [-0.2, 0) is 4.74 Å². The van der Waals surface area contributed by atoms with Gasteiger partial charge in [-0.05, 0) is 19.1 Å². The summed E-state index contributed by atoms with van der Waals surface area (Å²) in [6.07, 6.45) is 2.90. The summed E-state index contributed by atoms with van der Waals surface area (Å²) in [5.74, 6) is 0.700. The number of hydrogen-bond acceptors (Lipinski definition) is 7. The molecule has 1 saturated heterocycles. The standard InChI is InChI=1S/C17H20N6O3.2H2/c1-12-15(16(24)20-13-5-3-4-6-18-13)21-14(11-19-12)22-7-9-23(10-8-22)17(25)26-2;;/h3-6,11H,7-10H2,1-2H3,(H,18,20,24);2*1H. The number of rotatable bonds is 3. The summed E-state index contributed by atoms with van der Waals surface area (Å²) in [6, 6.07) is 5.27. The van der Waals surface area contributed by atoms with E-state index in [2.05, 4.69) is 20.3 Å². The first kappa shape index (κ1) is 17.6. The minimum absolute atomic E-state index is 0. The summed E-state index contributed by atoms with van der Waals surface area (Å²) in [5.41, 5.74) is 0.791. The number of pyridine rings is 1. The van der Waals surface area contributed by atoms with Crippen LogP contribution in [0.15, 0.2) is 30.6 Å². The van der Waals surface area contributed by atoms with E-state index >= 15 is 0 Å². The zero-order valence-electron chi connectivity index (χ0n) is 14.7. The Hall–Kier alpha value is -3.23. The highest BCUT2D eigenvalue weighted by molar-refractivity contribution is 6.03. The Morgan fingerprint density at radius 3 is 2.62 bits per heavy atom. The van der Waals surface area contributed by atoms with Gasteiger partial charge in [0, 0.05) is 35.2 Å². The number of aryl methyl sites for hydroxylation is 1. The second-order valence-corrected chi connectivity index (χ2v) is 5.78. The van der Waals surface area contributed by atoms with Gasteiger partial charge in [-0.2, -0.15) is 0 Å². The number of nitrogens with one attached hydrogen (secondary N) is 1. The maximum Gasteiger partial charge on any atom is 0.409 e. The van der Waals surface area contributed by atoms with Gasteiger partial charge >= 0.3 is 6.09 Å². The predicted octanol–water partition coefficient (Wildman–Crippen LogP) is 1.81. The molecule has 3 rings (SSSR count). The minimum Gasteiger partial charge on any atom is -0.453 e. The molecule has 9 nitrogen and oxygen atoms in total. The van der Waals surface area contributed by atoms with Gasteiger partial charge in [0.2, 0.25) is 0 Å². The van der Waals surface area contributed by atoms with Crippen molar-refractivity contribution >= 4 is 23.6 Å². The summed E-state index contributed by atoms with van der Waals surface area (Å²) in [6.45, 7) is 3.97. The Balaban J connectivity index is 0.00000196. The highest BCUT2D eigenvalue weighted by Gasteiger charge is 2.23. The topological polar surface area (TPSA) is 101 Å². The normalized spacial score (nSPS) is 14.1. The van der Waals surface area contributed by atoms with Gasteiger partial charge < -0.3 is 19.9 Å². The van der Waals surface area contributed by atoms with Gasteiger partial charge in [0.15, 0.2) is 5.69 Å². The fourth-order valence-electron chi connectivity index (χ4n) is 2.67. The number of hydrogen-bond donors (Lipinski definition) is 1. The quantitative estimate of drug-likeness (QED) is 0.891. The van der Waals surface area contributed by atoms with E-state index in [-0.39, 0.29) is 20.5 Å². The van der Waals surface area contributed by atoms with Crippen molar-refractivity contribution < 1.29 is 17.2 Å². The Morgan fingerprint density at radius 1 is 1.19 bits per heavy atom. The van der Waals surface area contributed by atoms with E-state index in [1.165, 1.54) is 7.11 Å². The van der Waals surface area contributed by atoms with Crippen molar-refractivity contribution in [2.24, 2.45) is 0 Å². The number of piperazine rings is 1. The van der Waals surface area contributed by atoms with Gasteiger partial charge in [-0.1, -0.05) is 6.07 Å². The number of aromatic nitrogens is 3. The summed E-state index contributed by atoms with van der Waals surface area (Å²) in [7, 11) is 1.37. The molecule has 26 heavy (non-hydrogen) atoms. The van der Waals surface area contributed by atoms with E-state index in [4.69, 9.17) is 4.74 Å². The average Bonchev–Trinajstić information content (AvgIpc) is 2.68. The van der Waals surface area contributed by atoms with Crippen molar-refractivity contribution in [1.29, 1.82) is 0 Å². The van der Waals surface area contributed by atoms with E-state index < -0.39 is 0 Å². The van der Waals surface area contributed by atoms with Gasteiger partial charge in [0.25, 0.3) is 5.91 Å². The highest BCUT2D eigenvalue weighted by atomic mass is 16.5. The maximum atomic E-state index is 12.5. The number of amides is 2. The van der Waals surface area contributed by atoms with Crippen molar-refractivity contribution in [1.82, 2.24) is 19.9 Å². The molecule has 1 N–H and O–H groups in total. The Kier molecular flexibility index (Phi) is 5.26. The number of methoxy groups -OCH3 is 1. The molecule has 0 aliphatic carbocycles. The van der Waals surface area contributed by atoms with E-state index in [0.29, 0.717) is 43.5 Å². The lowest BCUT2D eigenvalue weighted by atomic mass is 10.3.